The number of rotatable bonds is 11. The largest absolute Gasteiger partial charge is 0.500 e. The summed E-state index contributed by atoms with van der Waals surface area (Å²) in [6.45, 7) is 10.2. The van der Waals surface area contributed by atoms with Crippen LogP contribution in [-0.2, 0) is 18.0 Å². The number of hydrogen-bond donors (Lipinski definition) is 1. The molecule has 19 heavy (non-hydrogen) atoms. The van der Waals surface area contributed by atoms with E-state index in [1.54, 1.807) is 6.92 Å². The van der Waals surface area contributed by atoms with Crippen molar-refractivity contribution in [3.8, 4) is 0 Å². The molecule has 1 amide bonds. The molecule has 114 valence electrons. The Kier molecular flexibility index (Phi) is 10.8. The Morgan fingerprint density at radius 1 is 0.947 bits per heavy atom. The van der Waals surface area contributed by atoms with Crippen molar-refractivity contribution in [2.45, 2.75) is 40.2 Å². The van der Waals surface area contributed by atoms with Crippen molar-refractivity contribution in [2.75, 3.05) is 33.0 Å². The Morgan fingerprint density at radius 3 is 1.89 bits per heavy atom. The molecule has 0 unspecified atom stereocenters. The zero-order valence-corrected chi connectivity index (χ0v) is 13.5. The quantitative estimate of drug-likeness (QED) is 0.467. The van der Waals surface area contributed by atoms with Crippen LogP contribution in [0.3, 0.4) is 0 Å². The molecule has 0 radical (unpaired) electrons. The lowest BCUT2D eigenvalue weighted by Crippen LogP contribution is -2.46. The van der Waals surface area contributed by atoms with Gasteiger partial charge >= 0.3 is 14.9 Å². The first-order valence-electron chi connectivity index (χ1n) is 6.96. The molecule has 0 atom stereocenters. The lowest BCUT2D eigenvalue weighted by atomic mass is 10.5. The van der Waals surface area contributed by atoms with Crippen molar-refractivity contribution in [3.63, 3.8) is 0 Å². The van der Waals surface area contributed by atoms with Gasteiger partial charge in [0.15, 0.2) is 0 Å². The third-order valence-corrected chi connectivity index (χ3v) is 5.45. The Balaban J connectivity index is 4.13. The molecule has 0 aromatic heterocycles. The minimum absolute atomic E-state index is 0.376. The van der Waals surface area contributed by atoms with E-state index in [-0.39, 0.29) is 6.09 Å². The van der Waals surface area contributed by atoms with Crippen LogP contribution < -0.4 is 5.32 Å². The zero-order chi connectivity index (χ0) is 14.6. The highest BCUT2D eigenvalue weighted by Crippen LogP contribution is 2.17. The Bertz CT molecular complexity index is 223. The highest BCUT2D eigenvalue weighted by Gasteiger charge is 2.39. The topological polar surface area (TPSA) is 66.0 Å². The Hall–Kier alpha value is -0.633. The minimum Gasteiger partial charge on any atom is -0.450 e. The monoisotopic (exact) mass is 293 g/mol. The van der Waals surface area contributed by atoms with Gasteiger partial charge in [-0.25, -0.2) is 4.79 Å². The van der Waals surface area contributed by atoms with Crippen LogP contribution in [0, 0.1) is 0 Å². The molecule has 0 aromatic carbocycles. The van der Waals surface area contributed by atoms with Crippen molar-refractivity contribution in [1.29, 1.82) is 0 Å². The maximum Gasteiger partial charge on any atom is 0.500 e. The zero-order valence-electron chi connectivity index (χ0n) is 12.5. The van der Waals surface area contributed by atoms with Crippen LogP contribution in [0.15, 0.2) is 0 Å². The van der Waals surface area contributed by atoms with E-state index in [4.69, 9.17) is 18.0 Å². The fourth-order valence-electron chi connectivity index (χ4n) is 1.68. The molecule has 0 spiro atoms. The van der Waals surface area contributed by atoms with Crippen molar-refractivity contribution >= 4 is 14.9 Å². The first kappa shape index (κ1) is 18.4. The van der Waals surface area contributed by atoms with Gasteiger partial charge in [0.05, 0.1) is 6.61 Å². The molecule has 0 aliphatic heterocycles. The summed E-state index contributed by atoms with van der Waals surface area (Å²) in [6, 6.07) is 0.689. The van der Waals surface area contributed by atoms with Gasteiger partial charge in [0, 0.05) is 32.4 Å². The number of alkyl carbamates (subject to hydrolysis) is 1. The predicted molar refractivity (Wildman–Crippen MR) is 75.1 cm³/mol. The van der Waals surface area contributed by atoms with Crippen LogP contribution in [0.5, 0.6) is 0 Å². The predicted octanol–water partition coefficient (Wildman–Crippen LogP) is 2.17. The smallest absolute Gasteiger partial charge is 0.450 e. The van der Waals surface area contributed by atoms with Crippen LogP contribution in [0.2, 0.25) is 6.04 Å². The number of nitrogens with one attached hydrogen (secondary N) is 1. The molecule has 0 saturated heterocycles. The van der Waals surface area contributed by atoms with E-state index in [0.29, 0.717) is 39.0 Å². The van der Waals surface area contributed by atoms with Crippen molar-refractivity contribution in [2.24, 2.45) is 0 Å². The van der Waals surface area contributed by atoms with E-state index in [9.17, 15) is 4.79 Å². The number of carbonyl (C=O) groups is 1. The van der Waals surface area contributed by atoms with Gasteiger partial charge in [-0.05, 0) is 34.1 Å². The SMILES string of the molecule is CCOC(=O)NCCC[Si](OCC)(OCC)OCC. The lowest BCUT2D eigenvalue weighted by molar-refractivity contribution is 0.0707. The van der Waals surface area contributed by atoms with Crippen LogP contribution in [0.1, 0.15) is 34.1 Å². The fraction of sp³-hybridized carbons (Fsp3) is 0.917. The molecule has 0 aliphatic carbocycles. The molecule has 1 N–H and O–H groups in total. The molecule has 0 rings (SSSR count). The molecule has 6 nitrogen and oxygen atoms in total. The first-order valence-corrected chi connectivity index (χ1v) is 8.89. The first-order chi connectivity index (χ1) is 9.14. The molecule has 0 fully saturated rings. The van der Waals surface area contributed by atoms with E-state index in [0.717, 1.165) is 6.42 Å². The van der Waals surface area contributed by atoms with Gasteiger partial charge in [-0.2, -0.15) is 0 Å². The number of ether oxygens (including phenoxy) is 1. The normalized spacial score (nSPS) is 11.4. The third-order valence-electron chi connectivity index (χ3n) is 2.30. The summed E-state index contributed by atoms with van der Waals surface area (Å²) in [7, 11) is -2.58. The maximum absolute atomic E-state index is 11.1. The fourth-order valence-corrected chi connectivity index (χ4v) is 4.29. The number of amides is 1. The molecule has 7 heteroatoms. The van der Waals surface area contributed by atoms with Gasteiger partial charge in [-0.1, -0.05) is 0 Å². The van der Waals surface area contributed by atoms with Crippen LogP contribution in [0.25, 0.3) is 0 Å². The highest BCUT2D eigenvalue weighted by atomic mass is 28.4. The van der Waals surface area contributed by atoms with E-state index in [2.05, 4.69) is 5.32 Å². The summed E-state index contributed by atoms with van der Waals surface area (Å²) in [5.41, 5.74) is 0. The van der Waals surface area contributed by atoms with Gasteiger partial charge in [0.25, 0.3) is 0 Å². The van der Waals surface area contributed by atoms with Gasteiger partial charge in [0.2, 0.25) is 0 Å². The van der Waals surface area contributed by atoms with E-state index >= 15 is 0 Å². The molecule has 0 aromatic rings. The molecule has 0 bridgehead atoms. The van der Waals surface area contributed by atoms with Gasteiger partial charge in [-0.3, -0.25) is 0 Å². The Labute approximate surface area is 117 Å². The number of hydrogen-bond acceptors (Lipinski definition) is 5. The Morgan fingerprint density at radius 2 is 1.47 bits per heavy atom. The summed E-state index contributed by atoms with van der Waals surface area (Å²) < 4.78 is 21.9. The van der Waals surface area contributed by atoms with Gasteiger partial charge in [-0.15, -0.1) is 0 Å². The summed E-state index contributed by atoms with van der Waals surface area (Å²) in [5, 5.41) is 2.68. The molecular formula is C12H27NO5Si. The minimum atomic E-state index is -2.58. The molecule has 0 saturated carbocycles. The summed E-state index contributed by atoms with van der Waals surface area (Å²) in [6.07, 6.45) is 0.351. The van der Waals surface area contributed by atoms with E-state index in [1.165, 1.54) is 0 Å². The third kappa shape index (κ3) is 8.20. The van der Waals surface area contributed by atoms with E-state index < -0.39 is 8.80 Å². The van der Waals surface area contributed by atoms with Crippen molar-refractivity contribution in [3.05, 3.63) is 0 Å². The number of carbonyl (C=O) groups excluding carboxylic acids is 1. The summed E-state index contributed by atoms with van der Waals surface area (Å²) >= 11 is 0. The standard InChI is InChI=1S/C12H27NO5Si/c1-5-15-12(14)13-10-9-11-19(16-6-2,17-7-3)18-8-4/h5-11H2,1-4H3,(H,13,14). The molecular weight excluding hydrogens is 266 g/mol. The van der Waals surface area contributed by atoms with Gasteiger partial charge < -0.3 is 23.3 Å². The van der Waals surface area contributed by atoms with Crippen molar-refractivity contribution in [1.82, 2.24) is 5.32 Å². The second-order valence-corrected chi connectivity index (χ2v) is 6.46. The maximum atomic E-state index is 11.1. The highest BCUT2D eigenvalue weighted by molar-refractivity contribution is 6.60. The molecule has 0 heterocycles. The lowest BCUT2D eigenvalue weighted by Gasteiger charge is -2.28. The molecule has 0 aliphatic rings. The summed E-state index contributed by atoms with van der Waals surface area (Å²) in [4.78, 5) is 11.1. The van der Waals surface area contributed by atoms with Crippen LogP contribution in [0.4, 0.5) is 4.79 Å². The average molecular weight is 293 g/mol. The van der Waals surface area contributed by atoms with Crippen LogP contribution >= 0.6 is 0 Å². The second-order valence-electron chi connectivity index (χ2n) is 3.73. The van der Waals surface area contributed by atoms with Crippen molar-refractivity contribution < 1.29 is 22.8 Å². The summed E-state index contributed by atoms with van der Waals surface area (Å²) in [5.74, 6) is 0. The second kappa shape index (κ2) is 11.2. The average Bonchev–Trinajstić information content (AvgIpc) is 2.36. The van der Waals surface area contributed by atoms with Gasteiger partial charge in [0.1, 0.15) is 0 Å². The van der Waals surface area contributed by atoms with E-state index in [1.807, 2.05) is 20.8 Å². The van der Waals surface area contributed by atoms with Crippen LogP contribution in [-0.4, -0.2) is 47.9 Å².